The van der Waals surface area contributed by atoms with E-state index in [2.05, 4.69) is 5.32 Å². The Morgan fingerprint density at radius 2 is 1.68 bits per heavy atom. The molecule has 5 atom stereocenters. The van der Waals surface area contributed by atoms with Crippen LogP contribution in [0.25, 0.3) is 0 Å². The normalized spacial score (nSPS) is 24.1. The second kappa shape index (κ2) is 11.1. The fraction of sp³-hybridized carbons (Fsp3) is 0.375. The molecule has 10 nitrogen and oxygen atoms in total. The molecule has 182 valence electrons. The van der Waals surface area contributed by atoms with Crippen LogP contribution >= 0.6 is 0 Å². The van der Waals surface area contributed by atoms with E-state index in [0.29, 0.717) is 22.6 Å². The quantitative estimate of drug-likeness (QED) is 0.510. The molecule has 2 aromatic rings. The molecule has 0 aromatic heterocycles. The van der Waals surface area contributed by atoms with Crippen molar-refractivity contribution >= 4 is 17.8 Å². The van der Waals surface area contributed by atoms with Crippen LogP contribution in [0.4, 0.5) is 0 Å². The smallest absolute Gasteiger partial charge is 0.303 e. The number of aliphatic hydroxyl groups is 2. The minimum absolute atomic E-state index is 0.217. The Morgan fingerprint density at radius 1 is 0.971 bits per heavy atom. The molecule has 1 fully saturated rings. The molecule has 1 saturated heterocycles. The van der Waals surface area contributed by atoms with Gasteiger partial charge < -0.3 is 34.5 Å². The topological polar surface area (TPSA) is 141 Å². The first-order chi connectivity index (χ1) is 16.2. The van der Waals surface area contributed by atoms with Gasteiger partial charge in [-0.05, 0) is 42.0 Å². The summed E-state index contributed by atoms with van der Waals surface area (Å²) in [6.45, 7) is 2.10. The lowest BCUT2D eigenvalue weighted by Gasteiger charge is -2.42. The summed E-state index contributed by atoms with van der Waals surface area (Å²) in [6, 6.07) is 13.2. The molecule has 5 unspecified atom stereocenters. The van der Waals surface area contributed by atoms with Gasteiger partial charge in [0.05, 0.1) is 0 Å². The van der Waals surface area contributed by atoms with Gasteiger partial charge in [-0.15, -0.1) is 0 Å². The van der Waals surface area contributed by atoms with Gasteiger partial charge in [0.25, 0.3) is 5.91 Å². The largest absolute Gasteiger partial charge is 0.463 e. The van der Waals surface area contributed by atoms with Crippen LogP contribution in [0.1, 0.15) is 35.9 Å². The number of rotatable bonds is 7. The molecule has 1 heterocycles. The molecule has 0 radical (unpaired) electrons. The van der Waals surface area contributed by atoms with E-state index in [-0.39, 0.29) is 12.5 Å². The van der Waals surface area contributed by atoms with E-state index < -0.39 is 42.5 Å². The first kappa shape index (κ1) is 25.2. The number of benzene rings is 2. The number of hydrogen-bond acceptors (Lipinski definition) is 9. The van der Waals surface area contributed by atoms with Gasteiger partial charge in [0.1, 0.15) is 42.5 Å². The van der Waals surface area contributed by atoms with Gasteiger partial charge in [-0.1, -0.05) is 12.1 Å². The number of carbonyl (C=O) groups is 3. The summed E-state index contributed by atoms with van der Waals surface area (Å²) in [5, 5.41) is 23.9. The van der Waals surface area contributed by atoms with Gasteiger partial charge in [0, 0.05) is 26.5 Å². The number of carbonyl (C=O) groups excluding carboxylic acids is 3. The summed E-state index contributed by atoms with van der Waals surface area (Å²) >= 11 is 0. The van der Waals surface area contributed by atoms with Crippen molar-refractivity contribution in [3.63, 3.8) is 0 Å². The van der Waals surface area contributed by atoms with E-state index in [4.69, 9.17) is 18.9 Å². The van der Waals surface area contributed by atoms with Crippen LogP contribution in [0.5, 0.6) is 11.5 Å². The zero-order valence-electron chi connectivity index (χ0n) is 19.0. The Hall–Kier alpha value is -3.47. The highest BCUT2D eigenvalue weighted by molar-refractivity contribution is 5.94. The van der Waals surface area contributed by atoms with E-state index in [1.807, 2.05) is 0 Å². The molecular weight excluding hydrogens is 446 g/mol. The molecule has 2 aromatic carbocycles. The highest BCUT2D eigenvalue weighted by Gasteiger charge is 2.47. The summed E-state index contributed by atoms with van der Waals surface area (Å²) in [7, 11) is 1.54. The molecular formula is C24H27NO9. The van der Waals surface area contributed by atoms with Crippen molar-refractivity contribution in [2.75, 3.05) is 13.7 Å². The van der Waals surface area contributed by atoms with Crippen LogP contribution in [0.3, 0.4) is 0 Å². The zero-order valence-corrected chi connectivity index (χ0v) is 19.0. The van der Waals surface area contributed by atoms with Gasteiger partial charge in [0.2, 0.25) is 0 Å². The van der Waals surface area contributed by atoms with Gasteiger partial charge in [0.15, 0.2) is 6.10 Å². The standard InChI is InChI=1S/C24H27NO9/c1-13(26)31-12-19-23(32-14(2)27)21(29)20(28)22(34-19)16-5-4-6-18(11-16)33-17-9-7-15(8-10-17)24(30)25-3/h4-11,19-23,28-29H,12H2,1-3H3,(H,25,30). The van der Waals surface area contributed by atoms with E-state index in [9.17, 15) is 24.6 Å². The summed E-state index contributed by atoms with van der Waals surface area (Å²) < 4.78 is 21.9. The highest BCUT2D eigenvalue weighted by Crippen LogP contribution is 2.36. The maximum absolute atomic E-state index is 11.7. The van der Waals surface area contributed by atoms with Gasteiger partial charge in [-0.2, -0.15) is 0 Å². The SMILES string of the molecule is CNC(=O)c1ccc(Oc2cccc(C3OC(COC(C)=O)C(OC(C)=O)C(O)C3O)c2)cc1. The van der Waals surface area contributed by atoms with E-state index in [0.717, 1.165) is 6.92 Å². The molecule has 10 heteroatoms. The molecule has 1 amide bonds. The Labute approximate surface area is 196 Å². The molecule has 34 heavy (non-hydrogen) atoms. The lowest BCUT2D eigenvalue weighted by atomic mass is 9.91. The number of nitrogens with one attached hydrogen (secondary N) is 1. The Kier molecular flexibility index (Phi) is 8.21. The minimum Gasteiger partial charge on any atom is -0.463 e. The fourth-order valence-electron chi connectivity index (χ4n) is 3.60. The maximum atomic E-state index is 11.7. The lowest BCUT2D eigenvalue weighted by molar-refractivity contribution is -0.242. The third-order valence-electron chi connectivity index (χ3n) is 5.20. The van der Waals surface area contributed by atoms with Crippen LogP contribution in [0.2, 0.25) is 0 Å². The first-order valence-electron chi connectivity index (χ1n) is 10.6. The predicted molar refractivity (Wildman–Crippen MR) is 118 cm³/mol. The summed E-state index contributed by atoms with van der Waals surface area (Å²) in [5.74, 6) is -0.554. The van der Waals surface area contributed by atoms with Gasteiger partial charge >= 0.3 is 11.9 Å². The number of hydrogen-bond donors (Lipinski definition) is 3. The van der Waals surface area contributed by atoms with Gasteiger partial charge in [-0.3, -0.25) is 14.4 Å². The van der Waals surface area contributed by atoms with Crippen molar-refractivity contribution in [2.24, 2.45) is 0 Å². The van der Waals surface area contributed by atoms with E-state index in [1.165, 1.54) is 6.92 Å². The van der Waals surface area contributed by atoms with Crippen LogP contribution in [0, 0.1) is 0 Å². The van der Waals surface area contributed by atoms with Crippen molar-refractivity contribution in [3.05, 3.63) is 59.7 Å². The molecule has 0 spiro atoms. The van der Waals surface area contributed by atoms with E-state index in [1.54, 1.807) is 55.6 Å². The summed E-state index contributed by atoms with van der Waals surface area (Å²) in [6.07, 6.45) is -6.15. The predicted octanol–water partition coefficient (Wildman–Crippen LogP) is 1.49. The molecule has 0 aliphatic carbocycles. The Morgan fingerprint density at radius 3 is 2.29 bits per heavy atom. The molecule has 1 aliphatic rings. The second-order valence-corrected chi connectivity index (χ2v) is 7.73. The van der Waals surface area contributed by atoms with Crippen molar-refractivity contribution in [3.8, 4) is 11.5 Å². The average Bonchev–Trinajstić information content (AvgIpc) is 2.81. The third-order valence-corrected chi connectivity index (χ3v) is 5.20. The minimum atomic E-state index is -1.48. The highest BCUT2D eigenvalue weighted by atomic mass is 16.6. The molecule has 1 aliphatic heterocycles. The zero-order chi connectivity index (χ0) is 24.8. The van der Waals surface area contributed by atoms with Crippen molar-refractivity contribution in [1.82, 2.24) is 5.32 Å². The molecule has 0 bridgehead atoms. The summed E-state index contributed by atoms with van der Waals surface area (Å²) in [4.78, 5) is 34.4. The number of aliphatic hydroxyl groups excluding tert-OH is 2. The number of esters is 2. The summed E-state index contributed by atoms with van der Waals surface area (Å²) in [5.41, 5.74) is 0.970. The number of amides is 1. The van der Waals surface area contributed by atoms with Crippen LogP contribution < -0.4 is 10.1 Å². The van der Waals surface area contributed by atoms with Crippen LogP contribution in [0.15, 0.2) is 48.5 Å². The first-order valence-corrected chi connectivity index (χ1v) is 10.6. The number of ether oxygens (including phenoxy) is 4. The van der Waals surface area contributed by atoms with Crippen molar-refractivity contribution < 1.29 is 43.5 Å². The third kappa shape index (κ3) is 6.10. The van der Waals surface area contributed by atoms with E-state index >= 15 is 0 Å². The maximum Gasteiger partial charge on any atom is 0.303 e. The van der Waals surface area contributed by atoms with Crippen molar-refractivity contribution in [2.45, 2.75) is 44.4 Å². The molecule has 0 saturated carbocycles. The molecule has 3 N–H and O–H groups in total. The second-order valence-electron chi connectivity index (χ2n) is 7.73. The fourth-order valence-corrected chi connectivity index (χ4v) is 3.60. The molecule has 3 rings (SSSR count). The van der Waals surface area contributed by atoms with Crippen molar-refractivity contribution in [1.29, 1.82) is 0 Å². The lowest BCUT2D eigenvalue weighted by Crippen LogP contribution is -2.57. The Bertz CT molecular complexity index is 1020. The van der Waals surface area contributed by atoms with Gasteiger partial charge in [-0.25, -0.2) is 0 Å². The van der Waals surface area contributed by atoms with Crippen LogP contribution in [-0.4, -0.2) is 66.1 Å². The van der Waals surface area contributed by atoms with Crippen LogP contribution in [-0.2, 0) is 23.8 Å². The monoisotopic (exact) mass is 473 g/mol. The average molecular weight is 473 g/mol. The Balaban J connectivity index is 1.80.